The number of aryl methyl sites for hydroxylation is 1. The minimum atomic E-state index is -0.332. The molecule has 0 heterocycles. The number of hydrazine groups is 1. The van der Waals surface area contributed by atoms with Crippen LogP contribution in [-0.2, 0) is 12.2 Å². The molecule has 2 aromatic rings. The molecule has 2 N–H and O–H groups in total. The highest BCUT2D eigenvalue weighted by Gasteiger charge is 2.09. The molecule has 0 aliphatic carbocycles. The van der Waals surface area contributed by atoms with Crippen LogP contribution < -0.4 is 10.9 Å². The monoisotopic (exact) mass is 342 g/mol. The van der Waals surface area contributed by atoms with Crippen molar-refractivity contribution in [2.24, 2.45) is 0 Å². The number of carbonyl (C=O) groups is 2. The minimum Gasteiger partial charge on any atom is -0.267 e. The molecular weight excluding hydrogens is 320 g/mol. The summed E-state index contributed by atoms with van der Waals surface area (Å²) in [5, 5.41) is 0. The van der Waals surface area contributed by atoms with Crippen molar-refractivity contribution in [2.75, 3.05) is 5.75 Å². The largest absolute Gasteiger partial charge is 0.269 e. The van der Waals surface area contributed by atoms with Crippen LogP contribution in [0, 0.1) is 0 Å². The number of hydrogen-bond donors (Lipinski definition) is 2. The van der Waals surface area contributed by atoms with E-state index in [2.05, 4.69) is 24.7 Å². The van der Waals surface area contributed by atoms with E-state index in [4.69, 9.17) is 0 Å². The van der Waals surface area contributed by atoms with Gasteiger partial charge in [-0.25, -0.2) is 0 Å². The summed E-state index contributed by atoms with van der Waals surface area (Å²) in [5.41, 5.74) is 8.26. The Morgan fingerprint density at radius 2 is 1.25 bits per heavy atom. The quantitative estimate of drug-likeness (QED) is 0.789. The number of thioether (sulfide) groups is 1. The summed E-state index contributed by atoms with van der Waals surface area (Å²) in [6.45, 7) is 4.17. The first-order valence-corrected chi connectivity index (χ1v) is 9.15. The number of carbonyl (C=O) groups excluding carboxylic acids is 2. The van der Waals surface area contributed by atoms with Gasteiger partial charge in [-0.15, -0.1) is 0 Å². The lowest BCUT2D eigenvalue weighted by Gasteiger charge is -2.08. The van der Waals surface area contributed by atoms with Crippen LogP contribution in [0.3, 0.4) is 0 Å². The first kappa shape index (κ1) is 18.1. The lowest BCUT2D eigenvalue weighted by Crippen LogP contribution is -2.41. The maximum absolute atomic E-state index is 12.1. The average molecular weight is 342 g/mol. The van der Waals surface area contributed by atoms with Gasteiger partial charge in [0, 0.05) is 16.9 Å². The molecule has 2 rings (SSSR count). The van der Waals surface area contributed by atoms with Crippen LogP contribution in [0.1, 0.15) is 45.7 Å². The van der Waals surface area contributed by atoms with Gasteiger partial charge in [0.2, 0.25) is 0 Å². The lowest BCUT2D eigenvalue weighted by molar-refractivity contribution is 0.0846. The Kier molecular flexibility index (Phi) is 6.88. The molecule has 0 radical (unpaired) electrons. The number of rotatable bonds is 6. The highest BCUT2D eigenvalue weighted by molar-refractivity contribution is 7.98. The summed E-state index contributed by atoms with van der Waals surface area (Å²) < 4.78 is 0. The number of amides is 2. The van der Waals surface area contributed by atoms with Crippen LogP contribution in [0.2, 0.25) is 0 Å². The van der Waals surface area contributed by atoms with Crippen molar-refractivity contribution in [1.82, 2.24) is 10.9 Å². The molecule has 0 saturated carbocycles. The highest BCUT2D eigenvalue weighted by Crippen LogP contribution is 2.12. The maximum Gasteiger partial charge on any atom is 0.269 e. The fourth-order valence-corrected chi connectivity index (χ4v) is 2.75. The molecule has 2 aromatic carbocycles. The zero-order chi connectivity index (χ0) is 17.4. The number of benzene rings is 2. The molecule has 5 heteroatoms. The predicted molar refractivity (Wildman–Crippen MR) is 99.0 cm³/mol. The highest BCUT2D eigenvalue weighted by atomic mass is 32.2. The zero-order valence-corrected chi connectivity index (χ0v) is 14.8. The van der Waals surface area contributed by atoms with Gasteiger partial charge in [0.25, 0.3) is 11.8 Å². The standard InChI is InChI=1S/C19H22N2O2S/c1-3-14-5-9-16(10-6-14)18(22)20-21-19(23)17-11-7-15(8-12-17)13-24-4-2/h5-12H,3-4,13H2,1-2H3,(H,20,22)(H,21,23). The Morgan fingerprint density at radius 3 is 1.67 bits per heavy atom. The molecule has 0 fully saturated rings. The van der Waals surface area contributed by atoms with Gasteiger partial charge in [-0.3, -0.25) is 20.4 Å². The molecule has 0 saturated heterocycles. The Morgan fingerprint density at radius 1 is 0.792 bits per heavy atom. The molecule has 4 nitrogen and oxygen atoms in total. The van der Waals surface area contributed by atoms with E-state index in [1.54, 1.807) is 24.3 Å². The van der Waals surface area contributed by atoms with Gasteiger partial charge < -0.3 is 0 Å². The molecule has 0 unspecified atom stereocenters. The van der Waals surface area contributed by atoms with Crippen molar-refractivity contribution < 1.29 is 9.59 Å². The zero-order valence-electron chi connectivity index (χ0n) is 14.0. The molecule has 24 heavy (non-hydrogen) atoms. The van der Waals surface area contributed by atoms with Crippen molar-refractivity contribution in [2.45, 2.75) is 26.0 Å². The molecule has 0 atom stereocenters. The van der Waals surface area contributed by atoms with Gasteiger partial charge in [-0.1, -0.05) is 38.1 Å². The van der Waals surface area contributed by atoms with Crippen LogP contribution in [-0.4, -0.2) is 17.6 Å². The third kappa shape index (κ3) is 5.13. The summed E-state index contributed by atoms with van der Waals surface area (Å²) in [4.78, 5) is 24.1. The van der Waals surface area contributed by atoms with E-state index in [0.29, 0.717) is 11.1 Å². The van der Waals surface area contributed by atoms with E-state index in [1.807, 2.05) is 36.0 Å². The normalized spacial score (nSPS) is 10.2. The minimum absolute atomic E-state index is 0.330. The molecule has 0 aliphatic rings. The predicted octanol–water partition coefficient (Wildman–Crippen LogP) is 3.58. The Balaban J connectivity index is 1.88. The molecule has 0 aromatic heterocycles. The van der Waals surface area contributed by atoms with E-state index in [9.17, 15) is 9.59 Å². The van der Waals surface area contributed by atoms with Crippen molar-refractivity contribution in [3.05, 3.63) is 70.8 Å². The fourth-order valence-electron chi connectivity index (χ4n) is 2.12. The van der Waals surface area contributed by atoms with Gasteiger partial charge >= 0.3 is 0 Å². The van der Waals surface area contributed by atoms with Gasteiger partial charge in [-0.05, 0) is 47.6 Å². The van der Waals surface area contributed by atoms with Crippen LogP contribution >= 0.6 is 11.8 Å². The van der Waals surface area contributed by atoms with E-state index in [1.165, 1.54) is 5.56 Å². The first-order chi connectivity index (χ1) is 11.6. The number of nitrogens with one attached hydrogen (secondary N) is 2. The van der Waals surface area contributed by atoms with E-state index in [0.717, 1.165) is 23.5 Å². The molecule has 0 bridgehead atoms. The number of hydrogen-bond acceptors (Lipinski definition) is 3. The average Bonchev–Trinajstić information content (AvgIpc) is 2.64. The first-order valence-electron chi connectivity index (χ1n) is 8.00. The lowest BCUT2D eigenvalue weighted by atomic mass is 10.1. The van der Waals surface area contributed by atoms with E-state index in [-0.39, 0.29) is 11.8 Å². The Bertz CT molecular complexity index is 682. The van der Waals surface area contributed by atoms with Crippen molar-refractivity contribution in [3.8, 4) is 0 Å². The van der Waals surface area contributed by atoms with Crippen LogP contribution in [0.4, 0.5) is 0 Å². The molecule has 2 amide bonds. The third-order valence-corrected chi connectivity index (χ3v) is 4.55. The van der Waals surface area contributed by atoms with E-state index >= 15 is 0 Å². The van der Waals surface area contributed by atoms with Gasteiger partial charge in [0.1, 0.15) is 0 Å². The van der Waals surface area contributed by atoms with Crippen molar-refractivity contribution >= 4 is 23.6 Å². The summed E-state index contributed by atoms with van der Waals surface area (Å²) in [5.74, 6) is 1.33. The summed E-state index contributed by atoms with van der Waals surface area (Å²) in [6.07, 6.45) is 0.922. The molecule has 0 aliphatic heterocycles. The summed E-state index contributed by atoms with van der Waals surface area (Å²) in [7, 11) is 0. The second-order valence-corrected chi connectivity index (χ2v) is 6.57. The van der Waals surface area contributed by atoms with Crippen LogP contribution in [0.5, 0.6) is 0 Å². The van der Waals surface area contributed by atoms with Gasteiger partial charge in [0.15, 0.2) is 0 Å². The van der Waals surface area contributed by atoms with Gasteiger partial charge in [-0.2, -0.15) is 11.8 Å². The van der Waals surface area contributed by atoms with Crippen molar-refractivity contribution in [3.63, 3.8) is 0 Å². The maximum atomic E-state index is 12.1. The van der Waals surface area contributed by atoms with Crippen LogP contribution in [0.25, 0.3) is 0 Å². The molecular formula is C19H22N2O2S. The third-order valence-electron chi connectivity index (χ3n) is 3.60. The SMILES string of the molecule is CCSCc1ccc(C(=O)NNC(=O)c2ccc(CC)cc2)cc1. The summed E-state index contributed by atoms with van der Waals surface area (Å²) >= 11 is 1.83. The smallest absolute Gasteiger partial charge is 0.267 e. The summed E-state index contributed by atoms with van der Waals surface area (Å²) in [6, 6.07) is 14.7. The van der Waals surface area contributed by atoms with Crippen LogP contribution in [0.15, 0.2) is 48.5 Å². The second-order valence-electron chi connectivity index (χ2n) is 5.29. The molecule has 126 valence electrons. The second kappa shape index (κ2) is 9.13. The van der Waals surface area contributed by atoms with Crippen molar-refractivity contribution in [1.29, 1.82) is 0 Å². The van der Waals surface area contributed by atoms with E-state index < -0.39 is 0 Å². The molecule has 0 spiro atoms. The van der Waals surface area contributed by atoms with Gasteiger partial charge in [0.05, 0.1) is 0 Å². The Hall–Kier alpha value is -2.27. The topological polar surface area (TPSA) is 58.2 Å². The fraction of sp³-hybridized carbons (Fsp3) is 0.263. The Labute approximate surface area is 147 Å².